The second-order valence-corrected chi connectivity index (χ2v) is 8.51. The van der Waals surface area contributed by atoms with Crippen molar-refractivity contribution in [3.63, 3.8) is 0 Å². The van der Waals surface area contributed by atoms with Crippen LogP contribution >= 0.6 is 11.8 Å². The number of unbranched alkanes of at least 4 members (excludes halogenated alkanes) is 1. The molecule has 0 aliphatic carbocycles. The van der Waals surface area contributed by atoms with Crippen LogP contribution in [0, 0.1) is 0 Å². The molecule has 0 aliphatic rings. The van der Waals surface area contributed by atoms with Gasteiger partial charge in [-0.3, -0.25) is 4.79 Å². The van der Waals surface area contributed by atoms with Gasteiger partial charge in [-0.25, -0.2) is 8.42 Å². The standard InChI is InChI=1S/C15H23NO3S2/c1-4-6-11-20-12(3)15(17)16-13-7-9-14(10-8-13)21(18,19)5-2/h7-10,12H,4-6,11H2,1-3H3,(H,16,17). The minimum atomic E-state index is -3.19. The van der Waals surface area contributed by atoms with Gasteiger partial charge in [-0.05, 0) is 43.4 Å². The summed E-state index contributed by atoms with van der Waals surface area (Å²) in [6, 6.07) is 6.32. The Bertz CT molecular complexity index is 553. The van der Waals surface area contributed by atoms with Gasteiger partial charge in [-0.2, -0.15) is 0 Å². The van der Waals surface area contributed by atoms with Gasteiger partial charge in [0.25, 0.3) is 0 Å². The second kappa shape index (κ2) is 8.44. The second-order valence-electron chi connectivity index (χ2n) is 4.78. The first-order valence-electron chi connectivity index (χ1n) is 7.16. The van der Waals surface area contributed by atoms with Gasteiger partial charge in [0.2, 0.25) is 5.91 Å². The van der Waals surface area contributed by atoms with Crippen molar-refractivity contribution in [2.24, 2.45) is 0 Å². The molecule has 0 spiro atoms. The fourth-order valence-corrected chi connectivity index (χ4v) is 3.54. The molecular formula is C15H23NO3S2. The van der Waals surface area contributed by atoms with E-state index in [1.54, 1.807) is 30.8 Å². The Morgan fingerprint density at radius 3 is 2.38 bits per heavy atom. The molecule has 21 heavy (non-hydrogen) atoms. The average Bonchev–Trinajstić information content (AvgIpc) is 2.48. The molecule has 1 N–H and O–H groups in total. The van der Waals surface area contributed by atoms with Crippen molar-refractivity contribution in [2.75, 3.05) is 16.8 Å². The van der Waals surface area contributed by atoms with Crippen molar-refractivity contribution < 1.29 is 13.2 Å². The lowest BCUT2D eigenvalue weighted by molar-refractivity contribution is -0.115. The molecule has 0 bridgehead atoms. The van der Waals surface area contributed by atoms with Gasteiger partial charge in [0.15, 0.2) is 9.84 Å². The number of nitrogens with one attached hydrogen (secondary N) is 1. The normalized spacial score (nSPS) is 12.9. The molecule has 6 heteroatoms. The third-order valence-electron chi connectivity index (χ3n) is 3.10. The third kappa shape index (κ3) is 5.71. The molecule has 0 heterocycles. The van der Waals surface area contributed by atoms with E-state index in [4.69, 9.17) is 0 Å². The van der Waals surface area contributed by atoms with Gasteiger partial charge in [0, 0.05) is 5.69 Å². The van der Waals surface area contributed by atoms with E-state index in [1.807, 2.05) is 6.92 Å². The fraction of sp³-hybridized carbons (Fsp3) is 0.533. The highest BCUT2D eigenvalue weighted by Crippen LogP contribution is 2.18. The zero-order chi connectivity index (χ0) is 15.9. The van der Waals surface area contributed by atoms with Gasteiger partial charge in [-0.1, -0.05) is 20.3 Å². The molecule has 4 nitrogen and oxygen atoms in total. The van der Waals surface area contributed by atoms with Crippen LogP contribution in [0.2, 0.25) is 0 Å². The van der Waals surface area contributed by atoms with Crippen molar-refractivity contribution in [2.45, 2.75) is 43.8 Å². The zero-order valence-corrected chi connectivity index (χ0v) is 14.4. The molecule has 1 aromatic carbocycles. The van der Waals surface area contributed by atoms with Crippen LogP contribution in [-0.4, -0.2) is 31.1 Å². The quantitative estimate of drug-likeness (QED) is 0.743. The minimum absolute atomic E-state index is 0.0535. The summed E-state index contributed by atoms with van der Waals surface area (Å²) in [5, 5.41) is 2.70. The number of thioether (sulfide) groups is 1. The van der Waals surface area contributed by atoms with Gasteiger partial charge in [0.05, 0.1) is 15.9 Å². The smallest absolute Gasteiger partial charge is 0.237 e. The Labute approximate surface area is 131 Å². The Morgan fingerprint density at radius 2 is 1.86 bits per heavy atom. The molecule has 1 amide bonds. The Kier molecular flexibility index (Phi) is 7.25. The van der Waals surface area contributed by atoms with Crippen LogP contribution in [0.1, 0.15) is 33.6 Å². The first-order chi connectivity index (χ1) is 9.90. The monoisotopic (exact) mass is 329 g/mol. The topological polar surface area (TPSA) is 63.2 Å². The summed E-state index contributed by atoms with van der Waals surface area (Å²) in [7, 11) is -3.19. The van der Waals surface area contributed by atoms with Crippen molar-refractivity contribution in [1.29, 1.82) is 0 Å². The van der Waals surface area contributed by atoms with Crippen LogP contribution in [0.4, 0.5) is 5.69 Å². The van der Waals surface area contributed by atoms with Crippen molar-refractivity contribution >= 4 is 33.2 Å². The van der Waals surface area contributed by atoms with E-state index in [9.17, 15) is 13.2 Å². The van der Waals surface area contributed by atoms with Crippen molar-refractivity contribution in [3.8, 4) is 0 Å². The van der Waals surface area contributed by atoms with Gasteiger partial charge in [-0.15, -0.1) is 11.8 Å². The lowest BCUT2D eigenvalue weighted by Gasteiger charge is -2.12. The highest BCUT2D eigenvalue weighted by atomic mass is 32.2. The number of carbonyl (C=O) groups excluding carboxylic acids is 1. The molecule has 1 rings (SSSR count). The predicted octanol–water partition coefficient (Wildman–Crippen LogP) is 3.34. The maximum atomic E-state index is 12.0. The lowest BCUT2D eigenvalue weighted by Crippen LogP contribution is -2.22. The predicted molar refractivity (Wildman–Crippen MR) is 89.6 cm³/mol. The third-order valence-corrected chi connectivity index (χ3v) is 6.08. The van der Waals surface area contributed by atoms with E-state index < -0.39 is 9.84 Å². The molecule has 118 valence electrons. The first-order valence-corrected chi connectivity index (χ1v) is 9.86. The summed E-state index contributed by atoms with van der Waals surface area (Å²) in [6.45, 7) is 5.61. The lowest BCUT2D eigenvalue weighted by atomic mass is 10.3. The van der Waals surface area contributed by atoms with Crippen LogP contribution in [0.15, 0.2) is 29.2 Å². The average molecular weight is 329 g/mol. The molecule has 1 atom stereocenters. The number of carbonyl (C=O) groups is 1. The molecule has 0 saturated carbocycles. The Balaban J connectivity index is 2.61. The zero-order valence-electron chi connectivity index (χ0n) is 12.8. The van der Waals surface area contributed by atoms with Crippen LogP contribution in [0.3, 0.4) is 0 Å². The number of anilines is 1. The van der Waals surface area contributed by atoms with Gasteiger partial charge >= 0.3 is 0 Å². The van der Waals surface area contributed by atoms with Gasteiger partial charge < -0.3 is 5.32 Å². The minimum Gasteiger partial charge on any atom is -0.325 e. The molecule has 0 radical (unpaired) electrons. The van der Waals surface area contributed by atoms with Crippen LogP contribution < -0.4 is 5.32 Å². The van der Waals surface area contributed by atoms with Gasteiger partial charge in [0.1, 0.15) is 0 Å². The Morgan fingerprint density at radius 1 is 1.24 bits per heavy atom. The highest BCUT2D eigenvalue weighted by Gasteiger charge is 2.14. The molecule has 1 aromatic rings. The maximum absolute atomic E-state index is 12.0. The van der Waals surface area contributed by atoms with Crippen molar-refractivity contribution in [1.82, 2.24) is 0 Å². The molecule has 0 aromatic heterocycles. The first kappa shape index (κ1) is 18.0. The van der Waals surface area contributed by atoms with E-state index in [-0.39, 0.29) is 21.8 Å². The van der Waals surface area contributed by atoms with Crippen LogP contribution in [0.5, 0.6) is 0 Å². The largest absolute Gasteiger partial charge is 0.325 e. The Hall–Kier alpha value is -1.01. The molecular weight excluding hydrogens is 306 g/mol. The maximum Gasteiger partial charge on any atom is 0.237 e. The van der Waals surface area contributed by atoms with E-state index in [0.29, 0.717) is 5.69 Å². The molecule has 0 aliphatic heterocycles. The van der Waals surface area contributed by atoms with E-state index >= 15 is 0 Å². The summed E-state index contributed by atoms with van der Waals surface area (Å²) >= 11 is 1.63. The number of hydrogen-bond donors (Lipinski definition) is 1. The van der Waals surface area contributed by atoms with E-state index in [0.717, 1.165) is 18.6 Å². The SMILES string of the molecule is CCCCSC(C)C(=O)Nc1ccc(S(=O)(=O)CC)cc1. The number of amides is 1. The molecule has 0 fully saturated rings. The summed E-state index contributed by atoms with van der Waals surface area (Å²) in [4.78, 5) is 12.3. The highest BCUT2D eigenvalue weighted by molar-refractivity contribution is 8.00. The number of hydrogen-bond acceptors (Lipinski definition) is 4. The number of benzene rings is 1. The fourth-order valence-electron chi connectivity index (χ4n) is 1.64. The summed E-state index contributed by atoms with van der Waals surface area (Å²) in [5.41, 5.74) is 0.623. The van der Waals surface area contributed by atoms with E-state index in [1.165, 1.54) is 12.1 Å². The molecule has 1 unspecified atom stereocenters. The van der Waals surface area contributed by atoms with Crippen LogP contribution in [0.25, 0.3) is 0 Å². The van der Waals surface area contributed by atoms with Crippen molar-refractivity contribution in [3.05, 3.63) is 24.3 Å². The summed E-state index contributed by atoms with van der Waals surface area (Å²) in [6.07, 6.45) is 2.22. The number of rotatable bonds is 8. The number of sulfone groups is 1. The van der Waals surface area contributed by atoms with E-state index in [2.05, 4.69) is 12.2 Å². The summed E-state index contributed by atoms with van der Waals surface area (Å²) in [5.74, 6) is 0.991. The molecule has 0 saturated heterocycles. The van der Waals surface area contributed by atoms with Crippen LogP contribution in [-0.2, 0) is 14.6 Å². The summed E-state index contributed by atoms with van der Waals surface area (Å²) < 4.78 is 23.4.